The fourth-order valence-electron chi connectivity index (χ4n) is 1.84. The normalized spacial score (nSPS) is 12.3. The van der Waals surface area contributed by atoms with Crippen molar-refractivity contribution in [2.75, 3.05) is 18.6 Å². The van der Waals surface area contributed by atoms with Crippen LogP contribution in [0.1, 0.15) is 10.4 Å². The van der Waals surface area contributed by atoms with Crippen molar-refractivity contribution in [1.82, 2.24) is 5.32 Å². The SMILES string of the molecule is CS(=O)CCNC(=O)c1ccc2ccccc2c1O. The van der Waals surface area contributed by atoms with E-state index >= 15 is 0 Å². The van der Waals surface area contributed by atoms with Crippen LogP contribution >= 0.6 is 0 Å². The van der Waals surface area contributed by atoms with Gasteiger partial charge in [0, 0.05) is 34.7 Å². The molecule has 2 aromatic carbocycles. The Morgan fingerprint density at radius 2 is 2.00 bits per heavy atom. The summed E-state index contributed by atoms with van der Waals surface area (Å²) < 4.78 is 10.9. The predicted octanol–water partition coefficient (Wildman–Crippen LogP) is 1.65. The standard InChI is InChI=1S/C14H15NO3S/c1-19(18)9-8-15-14(17)12-7-6-10-4-2-3-5-11(10)13(12)16/h2-7,16H,8-9H2,1H3,(H,15,17). The molecule has 0 aliphatic rings. The average Bonchev–Trinajstić information content (AvgIpc) is 2.39. The first-order chi connectivity index (χ1) is 9.09. The van der Waals surface area contributed by atoms with Gasteiger partial charge in [-0.15, -0.1) is 0 Å². The van der Waals surface area contributed by atoms with E-state index in [-0.39, 0.29) is 17.2 Å². The molecule has 0 radical (unpaired) electrons. The molecule has 1 amide bonds. The number of phenolic OH excluding ortho intramolecular Hbond substituents is 1. The van der Waals surface area contributed by atoms with Crippen molar-refractivity contribution in [1.29, 1.82) is 0 Å². The minimum Gasteiger partial charge on any atom is -0.506 e. The van der Waals surface area contributed by atoms with Gasteiger partial charge in [0.2, 0.25) is 0 Å². The highest BCUT2D eigenvalue weighted by Gasteiger charge is 2.13. The summed E-state index contributed by atoms with van der Waals surface area (Å²) >= 11 is 0. The second-order valence-electron chi connectivity index (χ2n) is 4.22. The number of aromatic hydroxyl groups is 1. The van der Waals surface area contributed by atoms with Crippen LogP contribution in [0, 0.1) is 0 Å². The third-order valence-corrected chi connectivity index (χ3v) is 3.60. The topological polar surface area (TPSA) is 66.4 Å². The van der Waals surface area contributed by atoms with Gasteiger partial charge in [0.1, 0.15) is 5.75 Å². The number of hydrogen-bond donors (Lipinski definition) is 2. The van der Waals surface area contributed by atoms with Gasteiger partial charge in [0.15, 0.2) is 0 Å². The van der Waals surface area contributed by atoms with Crippen molar-refractivity contribution < 1.29 is 14.1 Å². The molecule has 2 N–H and O–H groups in total. The molecule has 0 aliphatic carbocycles. The minimum atomic E-state index is -0.943. The van der Waals surface area contributed by atoms with Gasteiger partial charge >= 0.3 is 0 Å². The minimum absolute atomic E-state index is 0.0202. The van der Waals surface area contributed by atoms with E-state index in [9.17, 15) is 14.1 Å². The van der Waals surface area contributed by atoms with Crippen LogP contribution in [0.15, 0.2) is 36.4 Å². The number of rotatable bonds is 4. The summed E-state index contributed by atoms with van der Waals surface area (Å²) in [7, 11) is -0.943. The molecule has 0 spiro atoms. The van der Waals surface area contributed by atoms with Crippen LogP contribution in [0.5, 0.6) is 5.75 Å². The van der Waals surface area contributed by atoms with E-state index < -0.39 is 10.8 Å². The number of carbonyl (C=O) groups is 1. The van der Waals surface area contributed by atoms with Crippen LogP contribution < -0.4 is 5.32 Å². The van der Waals surface area contributed by atoms with Gasteiger partial charge in [-0.2, -0.15) is 0 Å². The third kappa shape index (κ3) is 3.12. The Bertz CT molecular complexity index is 640. The first-order valence-corrected chi connectivity index (χ1v) is 7.61. The van der Waals surface area contributed by atoms with Crippen LogP contribution in [-0.2, 0) is 10.8 Å². The van der Waals surface area contributed by atoms with E-state index in [1.54, 1.807) is 24.5 Å². The highest BCUT2D eigenvalue weighted by Crippen LogP contribution is 2.28. The Hall–Kier alpha value is -1.88. The summed E-state index contributed by atoms with van der Waals surface area (Å²) in [6.45, 7) is 0.328. The quantitative estimate of drug-likeness (QED) is 0.893. The van der Waals surface area contributed by atoms with Crippen molar-refractivity contribution in [2.24, 2.45) is 0 Å². The summed E-state index contributed by atoms with van der Waals surface area (Å²) in [6, 6.07) is 10.7. The molecule has 0 aromatic heterocycles. The molecule has 0 saturated carbocycles. The molecule has 5 heteroatoms. The number of amides is 1. The summed E-state index contributed by atoms with van der Waals surface area (Å²) in [4.78, 5) is 11.9. The van der Waals surface area contributed by atoms with Crippen molar-refractivity contribution in [2.45, 2.75) is 0 Å². The van der Waals surface area contributed by atoms with E-state index in [2.05, 4.69) is 5.32 Å². The fourth-order valence-corrected chi connectivity index (χ4v) is 2.23. The second-order valence-corrected chi connectivity index (χ2v) is 5.77. The monoisotopic (exact) mass is 277 g/mol. The van der Waals surface area contributed by atoms with E-state index in [1.165, 1.54) is 0 Å². The number of nitrogens with one attached hydrogen (secondary N) is 1. The molecule has 0 aliphatic heterocycles. The lowest BCUT2D eigenvalue weighted by molar-refractivity contribution is 0.0954. The maximum Gasteiger partial charge on any atom is 0.255 e. The summed E-state index contributed by atoms with van der Waals surface area (Å²) in [5.41, 5.74) is 0.237. The zero-order chi connectivity index (χ0) is 13.8. The fraction of sp³-hybridized carbons (Fsp3) is 0.214. The molecule has 100 valence electrons. The molecule has 0 heterocycles. The van der Waals surface area contributed by atoms with E-state index in [1.807, 2.05) is 18.2 Å². The lowest BCUT2D eigenvalue weighted by Gasteiger charge is -2.08. The molecule has 0 fully saturated rings. The average molecular weight is 277 g/mol. The predicted molar refractivity (Wildman–Crippen MR) is 76.9 cm³/mol. The van der Waals surface area contributed by atoms with Crippen LogP contribution in [0.25, 0.3) is 10.8 Å². The second kappa shape index (κ2) is 5.84. The van der Waals surface area contributed by atoms with Crippen molar-refractivity contribution >= 4 is 27.5 Å². The molecular weight excluding hydrogens is 262 g/mol. The van der Waals surface area contributed by atoms with E-state index in [0.29, 0.717) is 17.7 Å². The lowest BCUT2D eigenvalue weighted by atomic mass is 10.0. The summed E-state index contributed by atoms with van der Waals surface area (Å²) in [6.07, 6.45) is 1.58. The van der Waals surface area contributed by atoms with Crippen LogP contribution in [0.2, 0.25) is 0 Å². The van der Waals surface area contributed by atoms with Crippen LogP contribution in [0.4, 0.5) is 0 Å². The molecule has 2 aromatic rings. The first kappa shape index (κ1) is 13.5. The van der Waals surface area contributed by atoms with Crippen molar-refractivity contribution in [3.8, 4) is 5.75 Å². The molecule has 4 nitrogen and oxygen atoms in total. The van der Waals surface area contributed by atoms with E-state index in [4.69, 9.17) is 0 Å². The molecular formula is C14H15NO3S. The van der Waals surface area contributed by atoms with Gasteiger partial charge < -0.3 is 10.4 Å². The van der Waals surface area contributed by atoms with Gasteiger partial charge in [0.25, 0.3) is 5.91 Å². The third-order valence-electron chi connectivity index (χ3n) is 2.82. The van der Waals surface area contributed by atoms with Gasteiger partial charge in [-0.3, -0.25) is 9.00 Å². The Morgan fingerprint density at radius 3 is 2.74 bits per heavy atom. The number of benzene rings is 2. The van der Waals surface area contributed by atoms with Crippen molar-refractivity contribution in [3.63, 3.8) is 0 Å². The number of phenols is 1. The Balaban J connectivity index is 2.22. The number of fused-ring (bicyclic) bond motifs is 1. The first-order valence-electron chi connectivity index (χ1n) is 5.88. The van der Waals surface area contributed by atoms with Gasteiger partial charge in [-0.05, 0) is 11.5 Å². The highest BCUT2D eigenvalue weighted by atomic mass is 32.2. The van der Waals surface area contributed by atoms with Crippen LogP contribution in [-0.4, -0.2) is 33.8 Å². The van der Waals surface area contributed by atoms with Gasteiger partial charge in [-0.1, -0.05) is 30.3 Å². The van der Waals surface area contributed by atoms with Crippen LogP contribution in [0.3, 0.4) is 0 Å². The molecule has 19 heavy (non-hydrogen) atoms. The lowest BCUT2D eigenvalue weighted by Crippen LogP contribution is -2.27. The largest absolute Gasteiger partial charge is 0.506 e. The smallest absolute Gasteiger partial charge is 0.255 e. The molecule has 0 saturated heterocycles. The summed E-state index contributed by atoms with van der Waals surface area (Å²) in [5, 5.41) is 14.3. The Kier molecular flexibility index (Phi) is 4.16. The van der Waals surface area contributed by atoms with E-state index in [0.717, 1.165) is 5.39 Å². The van der Waals surface area contributed by atoms with Gasteiger partial charge in [-0.25, -0.2) is 0 Å². The number of carbonyl (C=O) groups excluding carboxylic acids is 1. The maximum absolute atomic E-state index is 11.9. The number of hydrogen-bond acceptors (Lipinski definition) is 3. The highest BCUT2D eigenvalue weighted by molar-refractivity contribution is 7.84. The van der Waals surface area contributed by atoms with Crippen molar-refractivity contribution in [3.05, 3.63) is 42.0 Å². The Morgan fingerprint density at radius 1 is 1.26 bits per heavy atom. The molecule has 1 atom stereocenters. The zero-order valence-corrected chi connectivity index (χ0v) is 11.4. The Labute approximate surface area is 113 Å². The molecule has 2 rings (SSSR count). The molecule has 0 bridgehead atoms. The van der Waals surface area contributed by atoms with Gasteiger partial charge in [0.05, 0.1) is 5.56 Å². The summed E-state index contributed by atoms with van der Waals surface area (Å²) in [5.74, 6) is 0.0296. The zero-order valence-electron chi connectivity index (χ0n) is 10.6. The maximum atomic E-state index is 11.9. The molecule has 1 unspecified atom stereocenters.